The molecule has 98 valence electrons. The molecular formula is C12H11N3O2S2. The van der Waals surface area contributed by atoms with Crippen molar-refractivity contribution in [1.29, 1.82) is 0 Å². The van der Waals surface area contributed by atoms with Crippen LogP contribution in [0.4, 0.5) is 5.82 Å². The van der Waals surface area contributed by atoms with Crippen molar-refractivity contribution in [2.24, 2.45) is 5.73 Å². The zero-order valence-electron chi connectivity index (χ0n) is 9.83. The van der Waals surface area contributed by atoms with Gasteiger partial charge in [0.2, 0.25) is 0 Å². The lowest BCUT2D eigenvalue weighted by Crippen LogP contribution is -2.12. The Hall–Kier alpha value is -1.88. The van der Waals surface area contributed by atoms with Gasteiger partial charge in [0, 0.05) is 11.8 Å². The maximum Gasteiger partial charge on any atom is 0.272 e. The summed E-state index contributed by atoms with van der Waals surface area (Å²) < 4.78 is 26.6. The highest BCUT2D eigenvalue weighted by Crippen LogP contribution is 2.19. The first-order chi connectivity index (χ1) is 9.12. The fourth-order valence-corrected chi connectivity index (χ4v) is 3.31. The van der Waals surface area contributed by atoms with Crippen LogP contribution in [0.5, 0.6) is 0 Å². The molecule has 0 aliphatic carbocycles. The molecule has 2 aromatic rings. The number of sulfonamides is 1. The Labute approximate surface area is 115 Å². The van der Waals surface area contributed by atoms with Gasteiger partial charge in [-0.3, -0.25) is 4.72 Å². The van der Waals surface area contributed by atoms with Crippen LogP contribution in [0, 0.1) is 11.8 Å². The number of nitrogens with one attached hydrogen (secondary N) is 1. The normalized spacial score (nSPS) is 10.6. The largest absolute Gasteiger partial charge is 0.320 e. The molecule has 7 heteroatoms. The van der Waals surface area contributed by atoms with Gasteiger partial charge in [0.25, 0.3) is 10.0 Å². The van der Waals surface area contributed by atoms with E-state index in [0.29, 0.717) is 5.56 Å². The number of rotatable bonds is 3. The van der Waals surface area contributed by atoms with Crippen LogP contribution in [-0.2, 0) is 10.0 Å². The van der Waals surface area contributed by atoms with Crippen LogP contribution in [0.25, 0.3) is 0 Å². The molecule has 0 atom stereocenters. The third-order valence-corrected chi connectivity index (χ3v) is 4.85. The molecule has 0 aliphatic rings. The third-order valence-electron chi connectivity index (χ3n) is 2.09. The van der Waals surface area contributed by atoms with Crippen molar-refractivity contribution in [2.45, 2.75) is 4.21 Å². The Morgan fingerprint density at radius 2 is 2.26 bits per heavy atom. The van der Waals surface area contributed by atoms with Crippen LogP contribution >= 0.6 is 11.3 Å². The Morgan fingerprint density at radius 3 is 2.95 bits per heavy atom. The standard InChI is InChI=1S/C12H11N3O2S2/c13-6-1-3-10-5-7-14-11(9-10)15-19(16,17)12-4-2-8-18-12/h2,4-5,7-9H,6,13H2,(H,14,15). The Morgan fingerprint density at radius 1 is 1.42 bits per heavy atom. The van der Waals surface area contributed by atoms with E-state index in [1.807, 2.05) is 0 Å². The lowest BCUT2D eigenvalue weighted by molar-refractivity contribution is 0.603. The topological polar surface area (TPSA) is 85.1 Å². The molecule has 0 fully saturated rings. The molecule has 2 aromatic heterocycles. The van der Waals surface area contributed by atoms with Crippen molar-refractivity contribution in [1.82, 2.24) is 4.98 Å². The zero-order chi connectivity index (χ0) is 13.7. The summed E-state index contributed by atoms with van der Waals surface area (Å²) in [7, 11) is -3.57. The molecule has 0 aliphatic heterocycles. The minimum atomic E-state index is -3.57. The Balaban J connectivity index is 2.25. The van der Waals surface area contributed by atoms with Crippen molar-refractivity contribution in [3.63, 3.8) is 0 Å². The average Bonchev–Trinajstić information content (AvgIpc) is 2.91. The SMILES string of the molecule is NCC#Cc1ccnc(NS(=O)(=O)c2cccs2)c1. The predicted molar refractivity (Wildman–Crippen MR) is 75.3 cm³/mol. The van der Waals surface area contributed by atoms with Gasteiger partial charge >= 0.3 is 0 Å². The molecule has 3 N–H and O–H groups in total. The van der Waals surface area contributed by atoms with Crippen LogP contribution in [0.2, 0.25) is 0 Å². The average molecular weight is 293 g/mol. The maximum atomic E-state index is 12.0. The predicted octanol–water partition coefficient (Wildman–Crippen LogP) is 1.25. The summed E-state index contributed by atoms with van der Waals surface area (Å²) in [6.45, 7) is 0.249. The molecule has 2 heterocycles. The number of hydrogen-bond acceptors (Lipinski definition) is 5. The lowest BCUT2D eigenvalue weighted by Gasteiger charge is -2.05. The molecule has 0 bridgehead atoms. The van der Waals surface area contributed by atoms with Crippen molar-refractivity contribution in [2.75, 3.05) is 11.3 Å². The fourth-order valence-electron chi connectivity index (χ4n) is 1.32. The molecule has 0 unspecified atom stereocenters. The van der Waals surface area contributed by atoms with Crippen molar-refractivity contribution in [3.8, 4) is 11.8 Å². The second-order valence-electron chi connectivity index (χ2n) is 3.47. The van der Waals surface area contributed by atoms with Gasteiger partial charge in [0.15, 0.2) is 0 Å². The highest BCUT2D eigenvalue weighted by molar-refractivity contribution is 7.94. The number of anilines is 1. The van der Waals surface area contributed by atoms with E-state index in [1.165, 1.54) is 12.3 Å². The van der Waals surface area contributed by atoms with Crippen molar-refractivity contribution < 1.29 is 8.42 Å². The Bertz CT molecular complexity index is 713. The maximum absolute atomic E-state index is 12.0. The highest BCUT2D eigenvalue weighted by atomic mass is 32.2. The summed E-state index contributed by atoms with van der Waals surface area (Å²) in [5.74, 6) is 5.75. The van der Waals surface area contributed by atoms with E-state index in [4.69, 9.17) is 5.73 Å². The van der Waals surface area contributed by atoms with Crippen LogP contribution < -0.4 is 10.5 Å². The molecule has 2 rings (SSSR count). The summed E-state index contributed by atoms with van der Waals surface area (Å²) >= 11 is 1.14. The number of nitrogens with zero attached hydrogens (tertiary/aromatic N) is 1. The van der Waals surface area contributed by atoms with Gasteiger partial charge in [0.05, 0.1) is 6.54 Å². The molecule has 0 saturated heterocycles. The van der Waals surface area contributed by atoms with Crippen LogP contribution in [0.3, 0.4) is 0 Å². The minimum absolute atomic E-state index is 0.234. The van der Waals surface area contributed by atoms with Gasteiger partial charge in [-0.2, -0.15) is 0 Å². The smallest absolute Gasteiger partial charge is 0.272 e. The van der Waals surface area contributed by atoms with E-state index in [0.717, 1.165) is 11.3 Å². The second kappa shape index (κ2) is 5.84. The summed E-state index contributed by atoms with van der Waals surface area (Å²) in [6.07, 6.45) is 1.49. The van der Waals surface area contributed by atoms with Gasteiger partial charge in [0.1, 0.15) is 10.0 Å². The van der Waals surface area contributed by atoms with Gasteiger partial charge in [-0.05, 0) is 23.6 Å². The number of nitrogens with two attached hydrogens (primary N) is 1. The summed E-state index contributed by atoms with van der Waals surface area (Å²) in [6, 6.07) is 6.46. The van der Waals surface area contributed by atoms with Crippen molar-refractivity contribution >= 4 is 27.2 Å². The zero-order valence-corrected chi connectivity index (χ0v) is 11.5. The number of pyridine rings is 1. The van der Waals surface area contributed by atoms with Gasteiger partial charge < -0.3 is 5.73 Å². The minimum Gasteiger partial charge on any atom is -0.320 e. The quantitative estimate of drug-likeness (QED) is 0.834. The first kappa shape index (κ1) is 13.5. The molecule has 0 amide bonds. The molecule has 0 aromatic carbocycles. The van der Waals surface area contributed by atoms with E-state index >= 15 is 0 Å². The molecule has 19 heavy (non-hydrogen) atoms. The second-order valence-corrected chi connectivity index (χ2v) is 6.33. The summed E-state index contributed by atoms with van der Waals surface area (Å²) in [4.78, 5) is 3.96. The van der Waals surface area contributed by atoms with Crippen LogP contribution in [0.1, 0.15) is 5.56 Å². The summed E-state index contributed by atoms with van der Waals surface area (Å²) in [5, 5.41) is 1.70. The van der Waals surface area contributed by atoms with E-state index in [2.05, 4.69) is 21.5 Å². The third kappa shape index (κ3) is 3.54. The van der Waals surface area contributed by atoms with E-state index in [9.17, 15) is 8.42 Å². The van der Waals surface area contributed by atoms with Gasteiger partial charge in [-0.25, -0.2) is 13.4 Å². The molecular weight excluding hydrogens is 282 g/mol. The lowest BCUT2D eigenvalue weighted by atomic mass is 10.2. The van der Waals surface area contributed by atoms with E-state index in [-0.39, 0.29) is 16.6 Å². The molecule has 0 radical (unpaired) electrons. The van der Waals surface area contributed by atoms with Gasteiger partial charge in [-0.1, -0.05) is 17.9 Å². The number of thiophene rings is 1. The van der Waals surface area contributed by atoms with Gasteiger partial charge in [-0.15, -0.1) is 11.3 Å². The highest BCUT2D eigenvalue weighted by Gasteiger charge is 2.15. The van der Waals surface area contributed by atoms with Crippen molar-refractivity contribution in [3.05, 3.63) is 41.4 Å². The monoisotopic (exact) mass is 293 g/mol. The fraction of sp³-hybridized carbons (Fsp3) is 0.0833. The van der Waals surface area contributed by atoms with E-state index < -0.39 is 10.0 Å². The first-order valence-electron chi connectivity index (χ1n) is 5.33. The number of hydrogen-bond donors (Lipinski definition) is 2. The van der Waals surface area contributed by atoms with E-state index in [1.54, 1.807) is 23.6 Å². The molecule has 0 saturated carbocycles. The molecule has 5 nitrogen and oxygen atoms in total. The molecule has 0 spiro atoms. The Kier molecular flexibility index (Phi) is 4.16. The van der Waals surface area contributed by atoms with Crippen LogP contribution in [0.15, 0.2) is 40.1 Å². The number of aromatic nitrogens is 1. The first-order valence-corrected chi connectivity index (χ1v) is 7.69. The van der Waals surface area contributed by atoms with Crippen LogP contribution in [-0.4, -0.2) is 19.9 Å². The summed E-state index contributed by atoms with van der Waals surface area (Å²) in [5.41, 5.74) is 5.94.